The van der Waals surface area contributed by atoms with Gasteiger partial charge in [-0.3, -0.25) is 13.8 Å². The number of quaternary nitrogens is 1. The minimum absolute atomic E-state index is 0.0633. The summed E-state index contributed by atoms with van der Waals surface area (Å²) in [5.74, 6) is -0.174. The summed E-state index contributed by atoms with van der Waals surface area (Å²) in [4.78, 5) is 23.2. The molecule has 9 heteroatoms. The Kier molecular flexibility index (Phi) is 44.4. The predicted molar refractivity (Wildman–Crippen MR) is 268 cm³/mol. The molecule has 0 aliphatic heterocycles. The van der Waals surface area contributed by atoms with E-state index in [1.165, 1.54) is 199 Å². The number of carbonyl (C=O) groups is 1. The van der Waals surface area contributed by atoms with Crippen molar-refractivity contribution in [2.24, 2.45) is 0 Å². The number of nitrogens with zero attached hydrogens (tertiary/aromatic N) is 1. The summed E-state index contributed by atoms with van der Waals surface area (Å²) in [5, 5.41) is 13.9. The van der Waals surface area contributed by atoms with Crippen molar-refractivity contribution >= 4 is 13.7 Å². The van der Waals surface area contributed by atoms with E-state index in [9.17, 15) is 19.4 Å². The first-order chi connectivity index (χ1) is 30.0. The lowest BCUT2D eigenvalue weighted by Gasteiger charge is -2.25. The van der Waals surface area contributed by atoms with Gasteiger partial charge in [-0.05, 0) is 44.9 Å². The van der Waals surface area contributed by atoms with Crippen LogP contribution in [0.15, 0.2) is 24.3 Å². The smallest absolute Gasteiger partial charge is 0.387 e. The number of aliphatic hydroxyl groups is 1. The van der Waals surface area contributed by atoms with Gasteiger partial charge in [0.1, 0.15) is 13.2 Å². The summed E-state index contributed by atoms with van der Waals surface area (Å²) in [5.41, 5.74) is 0. The molecule has 0 spiro atoms. The van der Waals surface area contributed by atoms with Crippen LogP contribution in [0.25, 0.3) is 0 Å². The molecule has 368 valence electrons. The van der Waals surface area contributed by atoms with Gasteiger partial charge in [-0.25, -0.2) is 4.57 Å². The second-order valence-corrected chi connectivity index (χ2v) is 21.1. The van der Waals surface area contributed by atoms with Crippen LogP contribution >= 0.6 is 7.82 Å². The maximum atomic E-state index is 12.9. The molecule has 0 fully saturated rings. The zero-order valence-corrected chi connectivity index (χ0v) is 42.8. The predicted octanol–water partition coefficient (Wildman–Crippen LogP) is 15.6. The highest BCUT2D eigenvalue weighted by molar-refractivity contribution is 7.47. The fourth-order valence-electron chi connectivity index (χ4n) is 7.92. The van der Waals surface area contributed by atoms with Gasteiger partial charge in [0.2, 0.25) is 5.91 Å². The van der Waals surface area contributed by atoms with Gasteiger partial charge in [-0.15, -0.1) is 0 Å². The molecule has 0 heterocycles. The molecule has 0 bridgehead atoms. The molecule has 0 saturated heterocycles. The van der Waals surface area contributed by atoms with Crippen LogP contribution in [-0.2, 0) is 18.4 Å². The molecule has 0 saturated carbocycles. The average Bonchev–Trinajstić information content (AvgIpc) is 3.23. The van der Waals surface area contributed by atoms with E-state index in [4.69, 9.17) is 9.05 Å². The van der Waals surface area contributed by atoms with Crippen molar-refractivity contribution in [2.75, 3.05) is 40.9 Å². The number of unbranched alkanes of at least 4 members (excludes halogenated alkanes) is 34. The quantitative estimate of drug-likeness (QED) is 0.0243. The highest BCUT2D eigenvalue weighted by Gasteiger charge is 2.27. The van der Waals surface area contributed by atoms with Crippen molar-refractivity contribution < 1.29 is 32.9 Å². The van der Waals surface area contributed by atoms with Crippen molar-refractivity contribution in [3.63, 3.8) is 0 Å². The molecule has 0 radical (unpaired) electrons. The summed E-state index contributed by atoms with van der Waals surface area (Å²) in [6, 6.07) is -0.843. The third-order valence-electron chi connectivity index (χ3n) is 12.2. The Bertz CT molecular complexity index is 1060. The molecule has 62 heavy (non-hydrogen) atoms. The third-order valence-corrected chi connectivity index (χ3v) is 13.1. The SMILES string of the molecule is CCCCCCCCCC/C=C\CCCCCCCCCCCCCCCC(=O)NC(COP(=O)(O)OCC[N+](C)(C)C)C(O)/C=C/CCCCCCCCCCCCCCC. The van der Waals surface area contributed by atoms with Crippen molar-refractivity contribution in [2.45, 2.75) is 270 Å². The van der Waals surface area contributed by atoms with E-state index >= 15 is 0 Å². The Morgan fingerprint density at radius 3 is 1.24 bits per heavy atom. The van der Waals surface area contributed by atoms with Gasteiger partial charge in [0, 0.05) is 6.42 Å². The minimum Gasteiger partial charge on any atom is -0.387 e. The highest BCUT2D eigenvalue weighted by Crippen LogP contribution is 2.43. The second kappa shape index (κ2) is 45.1. The van der Waals surface area contributed by atoms with Gasteiger partial charge in [-0.1, -0.05) is 231 Å². The van der Waals surface area contributed by atoms with E-state index in [1.54, 1.807) is 6.08 Å². The van der Waals surface area contributed by atoms with Crippen LogP contribution in [0.3, 0.4) is 0 Å². The Labute approximate surface area is 385 Å². The molecule has 3 atom stereocenters. The first-order valence-electron chi connectivity index (χ1n) is 26.7. The number of hydrogen-bond donors (Lipinski definition) is 3. The van der Waals surface area contributed by atoms with E-state index in [2.05, 4.69) is 31.3 Å². The Morgan fingerprint density at radius 1 is 0.532 bits per heavy atom. The van der Waals surface area contributed by atoms with Crippen LogP contribution in [0.1, 0.15) is 258 Å². The number of aliphatic hydroxyl groups excluding tert-OH is 1. The van der Waals surface area contributed by atoms with Crippen molar-refractivity contribution in [1.82, 2.24) is 5.32 Å². The lowest BCUT2D eigenvalue weighted by atomic mass is 10.0. The molecule has 0 aromatic carbocycles. The zero-order valence-electron chi connectivity index (χ0n) is 41.9. The second-order valence-electron chi connectivity index (χ2n) is 19.6. The van der Waals surface area contributed by atoms with E-state index in [-0.39, 0.29) is 19.1 Å². The molecule has 0 aliphatic carbocycles. The molecule has 0 rings (SSSR count). The first kappa shape index (κ1) is 61.0. The molecular formula is C53H106N2O6P+. The number of amides is 1. The van der Waals surface area contributed by atoms with E-state index < -0.39 is 20.0 Å². The summed E-state index contributed by atoms with van der Waals surface area (Å²) in [6.45, 7) is 4.84. The maximum absolute atomic E-state index is 12.9. The molecular weight excluding hydrogens is 792 g/mol. The molecule has 8 nitrogen and oxygen atoms in total. The zero-order chi connectivity index (χ0) is 45.7. The van der Waals surface area contributed by atoms with Gasteiger partial charge in [-0.2, -0.15) is 0 Å². The summed E-state index contributed by atoms with van der Waals surface area (Å²) in [6.07, 6.45) is 55.5. The number of phosphoric acid groups is 1. The van der Waals surface area contributed by atoms with Crippen LogP contribution in [0.2, 0.25) is 0 Å². The molecule has 3 N–H and O–H groups in total. The fourth-order valence-corrected chi connectivity index (χ4v) is 8.66. The number of rotatable bonds is 49. The number of likely N-dealkylation sites (N-methyl/N-ethyl adjacent to an activating group) is 1. The number of hydrogen-bond acceptors (Lipinski definition) is 5. The fraction of sp³-hybridized carbons (Fsp3) is 0.906. The molecule has 0 aromatic heterocycles. The number of phosphoric ester groups is 1. The van der Waals surface area contributed by atoms with Crippen LogP contribution in [-0.4, -0.2) is 73.4 Å². The maximum Gasteiger partial charge on any atom is 0.472 e. The minimum atomic E-state index is -4.34. The van der Waals surface area contributed by atoms with Crippen molar-refractivity contribution in [3.05, 3.63) is 24.3 Å². The summed E-state index contributed by atoms with van der Waals surface area (Å²) >= 11 is 0. The largest absolute Gasteiger partial charge is 0.472 e. The lowest BCUT2D eigenvalue weighted by molar-refractivity contribution is -0.870. The van der Waals surface area contributed by atoms with E-state index in [1.807, 2.05) is 27.2 Å². The highest BCUT2D eigenvalue weighted by atomic mass is 31.2. The van der Waals surface area contributed by atoms with Gasteiger partial charge < -0.3 is 19.8 Å². The Balaban J connectivity index is 4.19. The average molecular weight is 898 g/mol. The van der Waals surface area contributed by atoms with Gasteiger partial charge in [0.15, 0.2) is 0 Å². The van der Waals surface area contributed by atoms with Crippen LogP contribution in [0.4, 0.5) is 0 Å². The topological polar surface area (TPSA) is 105 Å². The van der Waals surface area contributed by atoms with Gasteiger partial charge in [0.05, 0.1) is 39.9 Å². The Hall–Kier alpha value is -1.02. The molecule has 3 unspecified atom stereocenters. The number of allylic oxidation sites excluding steroid dienone is 3. The molecule has 1 amide bonds. The third kappa shape index (κ3) is 47.0. The summed E-state index contributed by atoms with van der Waals surface area (Å²) < 4.78 is 23.6. The van der Waals surface area contributed by atoms with Crippen molar-refractivity contribution in [3.8, 4) is 0 Å². The van der Waals surface area contributed by atoms with E-state index in [0.717, 1.165) is 38.5 Å². The lowest BCUT2D eigenvalue weighted by Crippen LogP contribution is -2.45. The standard InChI is InChI=1S/C53H105N2O6P/c1-6-8-10-12-14-16-18-20-22-23-24-25-26-27-28-29-30-31-33-35-37-39-41-43-45-47-53(57)54-51(50-61-62(58,59)60-49-48-55(3,4)5)52(56)46-44-42-40-38-36-34-32-21-19-17-15-13-11-9-7-2/h23-24,44,46,51-52,56H,6-22,25-43,45,47-50H2,1-5H3,(H-,54,57,58,59)/p+1/b24-23-,46-44+. The monoisotopic (exact) mass is 898 g/mol. The van der Waals surface area contributed by atoms with Crippen LogP contribution in [0, 0.1) is 0 Å². The normalized spacial score (nSPS) is 14.2. The first-order valence-corrected chi connectivity index (χ1v) is 28.2. The number of carbonyl (C=O) groups excluding carboxylic acids is 1. The van der Waals surface area contributed by atoms with Crippen molar-refractivity contribution in [1.29, 1.82) is 0 Å². The van der Waals surface area contributed by atoms with Crippen LogP contribution < -0.4 is 5.32 Å². The van der Waals surface area contributed by atoms with Gasteiger partial charge in [0.25, 0.3) is 0 Å². The Morgan fingerprint density at radius 2 is 0.871 bits per heavy atom. The molecule has 0 aliphatic rings. The number of nitrogens with one attached hydrogen (secondary N) is 1. The van der Waals surface area contributed by atoms with Gasteiger partial charge >= 0.3 is 7.82 Å². The molecule has 0 aromatic rings. The summed E-state index contributed by atoms with van der Waals surface area (Å²) in [7, 11) is 1.58. The van der Waals surface area contributed by atoms with Crippen LogP contribution in [0.5, 0.6) is 0 Å². The van der Waals surface area contributed by atoms with E-state index in [0.29, 0.717) is 17.4 Å².